The number of amides is 2. The van der Waals surface area contributed by atoms with Crippen molar-refractivity contribution in [1.82, 2.24) is 10.3 Å². The van der Waals surface area contributed by atoms with Crippen LogP contribution in [-0.4, -0.2) is 22.8 Å². The van der Waals surface area contributed by atoms with E-state index in [4.69, 9.17) is 0 Å². The summed E-state index contributed by atoms with van der Waals surface area (Å²) in [6.07, 6.45) is 3.21. The molecule has 0 aliphatic heterocycles. The summed E-state index contributed by atoms with van der Waals surface area (Å²) in [5.41, 5.74) is 2.20. The fourth-order valence-electron chi connectivity index (χ4n) is 2.20. The minimum Gasteiger partial charge on any atom is -0.340 e. The number of benzene rings is 1. The van der Waals surface area contributed by atoms with E-state index in [0.29, 0.717) is 11.3 Å². The second-order valence-corrected chi connectivity index (χ2v) is 5.79. The van der Waals surface area contributed by atoms with Gasteiger partial charge in [-0.15, -0.1) is 0 Å². The number of aromatic nitrogens is 1. The second kappa shape index (κ2) is 7.54. The normalized spacial score (nSPS) is 11.8. The molecule has 1 atom stereocenters. The zero-order valence-corrected chi connectivity index (χ0v) is 13.5. The van der Waals surface area contributed by atoms with E-state index in [1.165, 1.54) is 0 Å². The molecule has 0 radical (unpaired) electrons. The van der Waals surface area contributed by atoms with Crippen molar-refractivity contribution < 1.29 is 9.59 Å². The molecule has 5 nitrogen and oxygen atoms in total. The fourth-order valence-corrected chi connectivity index (χ4v) is 2.20. The van der Waals surface area contributed by atoms with Gasteiger partial charge < -0.3 is 10.6 Å². The van der Waals surface area contributed by atoms with Crippen molar-refractivity contribution in [2.75, 3.05) is 5.32 Å². The molecule has 2 N–H and O–H groups in total. The maximum absolute atomic E-state index is 12.4. The van der Waals surface area contributed by atoms with Crippen LogP contribution in [0.4, 0.5) is 5.69 Å². The van der Waals surface area contributed by atoms with Crippen molar-refractivity contribution >= 4 is 17.5 Å². The highest BCUT2D eigenvalue weighted by Crippen LogP contribution is 2.10. The lowest BCUT2D eigenvalue weighted by molar-refractivity contribution is -0.118. The molecule has 1 unspecified atom stereocenters. The average Bonchev–Trinajstić information content (AvgIpc) is 2.52. The van der Waals surface area contributed by atoms with Crippen LogP contribution in [0.3, 0.4) is 0 Å². The first-order valence-electron chi connectivity index (χ1n) is 7.56. The van der Waals surface area contributed by atoms with Crippen molar-refractivity contribution in [2.45, 2.75) is 26.8 Å². The Morgan fingerprint density at radius 3 is 2.39 bits per heavy atom. The van der Waals surface area contributed by atoms with E-state index < -0.39 is 6.04 Å². The minimum atomic E-state index is -0.615. The lowest BCUT2D eigenvalue weighted by Crippen LogP contribution is -2.47. The number of hydrogen-bond donors (Lipinski definition) is 2. The van der Waals surface area contributed by atoms with Gasteiger partial charge >= 0.3 is 0 Å². The molecule has 0 aliphatic carbocycles. The number of pyridine rings is 1. The van der Waals surface area contributed by atoms with E-state index in [9.17, 15) is 9.59 Å². The first kappa shape index (κ1) is 16.7. The SMILES string of the molecule is Cc1cccc(C(=O)NC(C(=O)Nc2ccncc2)C(C)C)c1. The summed E-state index contributed by atoms with van der Waals surface area (Å²) in [5, 5.41) is 5.61. The van der Waals surface area contributed by atoms with Gasteiger partial charge in [-0.2, -0.15) is 0 Å². The van der Waals surface area contributed by atoms with E-state index in [-0.39, 0.29) is 17.7 Å². The number of carbonyl (C=O) groups is 2. The standard InChI is InChI=1S/C18H21N3O2/c1-12(2)16(18(23)20-15-7-9-19-10-8-15)21-17(22)14-6-4-5-13(3)11-14/h4-12,16H,1-3H3,(H,21,22)(H,19,20,23). The van der Waals surface area contributed by atoms with Crippen molar-refractivity contribution in [2.24, 2.45) is 5.92 Å². The number of nitrogens with zero attached hydrogens (tertiary/aromatic N) is 1. The molecule has 0 aliphatic rings. The molecule has 5 heteroatoms. The van der Waals surface area contributed by atoms with Gasteiger partial charge in [0, 0.05) is 23.6 Å². The Bertz CT molecular complexity index is 684. The minimum absolute atomic E-state index is 0.0365. The summed E-state index contributed by atoms with van der Waals surface area (Å²) in [5.74, 6) is -0.532. The third-order valence-electron chi connectivity index (χ3n) is 3.46. The van der Waals surface area contributed by atoms with Crippen LogP contribution >= 0.6 is 0 Å². The van der Waals surface area contributed by atoms with Crippen LogP contribution in [0.1, 0.15) is 29.8 Å². The average molecular weight is 311 g/mol. The monoisotopic (exact) mass is 311 g/mol. The molecule has 0 fully saturated rings. The number of hydrogen-bond acceptors (Lipinski definition) is 3. The molecule has 1 heterocycles. The summed E-state index contributed by atoms with van der Waals surface area (Å²) in [6.45, 7) is 5.72. The maximum Gasteiger partial charge on any atom is 0.251 e. The van der Waals surface area contributed by atoms with Crippen molar-refractivity contribution in [1.29, 1.82) is 0 Å². The van der Waals surface area contributed by atoms with Gasteiger partial charge in [-0.25, -0.2) is 0 Å². The summed E-state index contributed by atoms with van der Waals surface area (Å²) >= 11 is 0. The summed E-state index contributed by atoms with van der Waals surface area (Å²) in [6, 6.07) is 10.1. The highest BCUT2D eigenvalue weighted by molar-refractivity contribution is 6.01. The zero-order chi connectivity index (χ0) is 16.8. The number of carbonyl (C=O) groups excluding carboxylic acids is 2. The second-order valence-electron chi connectivity index (χ2n) is 5.79. The third-order valence-corrected chi connectivity index (χ3v) is 3.46. The Balaban J connectivity index is 2.09. The Labute approximate surface area is 136 Å². The predicted octanol–water partition coefficient (Wildman–Crippen LogP) is 2.78. The van der Waals surface area contributed by atoms with Gasteiger partial charge in [0.25, 0.3) is 5.91 Å². The Morgan fingerprint density at radius 1 is 1.09 bits per heavy atom. The Kier molecular flexibility index (Phi) is 5.46. The largest absolute Gasteiger partial charge is 0.340 e. The molecule has 2 rings (SSSR count). The van der Waals surface area contributed by atoms with Crippen LogP contribution in [0.25, 0.3) is 0 Å². The highest BCUT2D eigenvalue weighted by atomic mass is 16.2. The van der Waals surface area contributed by atoms with Gasteiger partial charge in [-0.1, -0.05) is 31.5 Å². The molecule has 0 saturated heterocycles. The van der Waals surface area contributed by atoms with E-state index >= 15 is 0 Å². The molecule has 2 aromatic rings. The van der Waals surface area contributed by atoms with Gasteiger partial charge in [-0.05, 0) is 37.1 Å². The van der Waals surface area contributed by atoms with Crippen LogP contribution in [0.5, 0.6) is 0 Å². The van der Waals surface area contributed by atoms with E-state index in [1.807, 2.05) is 32.9 Å². The molecule has 0 spiro atoms. The number of anilines is 1. The predicted molar refractivity (Wildman–Crippen MR) is 90.1 cm³/mol. The first-order valence-corrected chi connectivity index (χ1v) is 7.56. The molecule has 120 valence electrons. The van der Waals surface area contributed by atoms with E-state index in [2.05, 4.69) is 15.6 Å². The number of rotatable bonds is 5. The zero-order valence-electron chi connectivity index (χ0n) is 13.5. The smallest absolute Gasteiger partial charge is 0.251 e. The fraction of sp³-hybridized carbons (Fsp3) is 0.278. The van der Waals surface area contributed by atoms with Crippen LogP contribution in [0.15, 0.2) is 48.8 Å². The lowest BCUT2D eigenvalue weighted by Gasteiger charge is -2.21. The summed E-state index contributed by atoms with van der Waals surface area (Å²) in [4.78, 5) is 28.7. The van der Waals surface area contributed by atoms with Gasteiger partial charge in [0.05, 0.1) is 0 Å². The molecule has 23 heavy (non-hydrogen) atoms. The number of nitrogens with one attached hydrogen (secondary N) is 2. The topological polar surface area (TPSA) is 71.1 Å². The molecule has 0 bridgehead atoms. The van der Waals surface area contributed by atoms with Crippen molar-refractivity contribution in [3.8, 4) is 0 Å². The Morgan fingerprint density at radius 2 is 1.78 bits per heavy atom. The van der Waals surface area contributed by atoms with Crippen molar-refractivity contribution in [3.63, 3.8) is 0 Å². The summed E-state index contributed by atoms with van der Waals surface area (Å²) < 4.78 is 0. The van der Waals surface area contributed by atoms with E-state index in [1.54, 1.807) is 36.7 Å². The third kappa shape index (κ3) is 4.64. The highest BCUT2D eigenvalue weighted by Gasteiger charge is 2.24. The van der Waals surface area contributed by atoms with E-state index in [0.717, 1.165) is 5.56 Å². The quantitative estimate of drug-likeness (QED) is 0.892. The first-order chi connectivity index (χ1) is 11.0. The molecule has 1 aromatic heterocycles. The molecule has 2 amide bonds. The molecule has 1 aromatic carbocycles. The molecular formula is C18H21N3O2. The van der Waals surface area contributed by atoms with Gasteiger partial charge in [0.2, 0.25) is 5.91 Å². The summed E-state index contributed by atoms with van der Waals surface area (Å²) in [7, 11) is 0. The van der Waals surface area contributed by atoms with Crippen molar-refractivity contribution in [3.05, 3.63) is 59.9 Å². The van der Waals surface area contributed by atoms with Crippen LogP contribution < -0.4 is 10.6 Å². The van der Waals surface area contributed by atoms with Crippen LogP contribution in [0.2, 0.25) is 0 Å². The maximum atomic E-state index is 12.4. The molecule has 0 saturated carbocycles. The van der Waals surface area contributed by atoms with Crippen LogP contribution in [0, 0.1) is 12.8 Å². The van der Waals surface area contributed by atoms with Crippen LogP contribution in [-0.2, 0) is 4.79 Å². The van der Waals surface area contributed by atoms with Gasteiger partial charge in [0.15, 0.2) is 0 Å². The molecular weight excluding hydrogens is 290 g/mol. The lowest BCUT2D eigenvalue weighted by atomic mass is 10.0. The van der Waals surface area contributed by atoms with Gasteiger partial charge in [0.1, 0.15) is 6.04 Å². The number of aryl methyl sites for hydroxylation is 1. The Hall–Kier alpha value is -2.69. The van der Waals surface area contributed by atoms with Gasteiger partial charge in [-0.3, -0.25) is 14.6 Å².